The van der Waals surface area contributed by atoms with Crippen molar-refractivity contribution in [1.29, 1.82) is 0 Å². The summed E-state index contributed by atoms with van der Waals surface area (Å²) in [4.78, 5) is 14.1. The average molecular weight is 269 g/mol. The van der Waals surface area contributed by atoms with Gasteiger partial charge in [-0.25, -0.2) is 4.63 Å². The van der Waals surface area contributed by atoms with Gasteiger partial charge in [-0.15, -0.1) is 0 Å². The van der Waals surface area contributed by atoms with Gasteiger partial charge < -0.3 is 16.0 Å². The lowest BCUT2D eigenvalue weighted by Crippen LogP contribution is -2.34. The van der Waals surface area contributed by atoms with Crippen LogP contribution in [0.5, 0.6) is 0 Å². The van der Waals surface area contributed by atoms with Gasteiger partial charge in [0, 0.05) is 6.04 Å². The molecule has 0 fully saturated rings. The zero-order valence-corrected chi connectivity index (χ0v) is 11.8. The molecule has 0 aliphatic carbocycles. The van der Waals surface area contributed by atoms with Gasteiger partial charge in [0.15, 0.2) is 0 Å². The highest BCUT2D eigenvalue weighted by atomic mass is 16.6. The van der Waals surface area contributed by atoms with Gasteiger partial charge in [-0.3, -0.25) is 4.79 Å². The number of hydrogen-bond acceptors (Lipinski definition) is 6. The lowest BCUT2D eigenvalue weighted by atomic mass is 10.1. The second-order valence-electron chi connectivity index (χ2n) is 4.54. The van der Waals surface area contributed by atoms with Crippen LogP contribution in [0.4, 0.5) is 5.82 Å². The van der Waals surface area contributed by atoms with Crippen molar-refractivity contribution in [2.24, 2.45) is 0 Å². The van der Waals surface area contributed by atoms with Crippen LogP contribution in [0.1, 0.15) is 44.1 Å². The summed E-state index contributed by atoms with van der Waals surface area (Å²) in [6, 6.07) is 0.0687. The van der Waals surface area contributed by atoms with E-state index in [9.17, 15) is 4.79 Å². The maximum atomic E-state index is 11.8. The number of rotatable bonds is 8. The second kappa shape index (κ2) is 7.73. The highest BCUT2D eigenvalue weighted by Gasteiger charge is 2.17. The van der Waals surface area contributed by atoms with E-state index < -0.39 is 0 Å². The Bertz CT molecular complexity index is 389. The predicted molar refractivity (Wildman–Crippen MR) is 72.7 cm³/mol. The minimum atomic E-state index is -0.339. The van der Waals surface area contributed by atoms with E-state index in [0.717, 1.165) is 32.5 Å². The molecule has 19 heavy (non-hydrogen) atoms. The lowest BCUT2D eigenvalue weighted by molar-refractivity contribution is 0.0928. The molecule has 0 bridgehead atoms. The first kappa shape index (κ1) is 15.4. The number of nitrogens with two attached hydrogens (primary N) is 1. The molecule has 7 heteroatoms. The molecule has 1 heterocycles. The summed E-state index contributed by atoms with van der Waals surface area (Å²) in [6.45, 7) is 9.41. The molecule has 3 N–H and O–H groups in total. The number of aromatic nitrogens is 2. The van der Waals surface area contributed by atoms with Crippen molar-refractivity contribution in [1.82, 2.24) is 20.5 Å². The summed E-state index contributed by atoms with van der Waals surface area (Å²) >= 11 is 0. The standard InChI is InChI=1S/C12H23N5O2/c1-4-17(5-2)8-6-7-9(3)14-12(18)10-11(13)16-19-15-10/h9H,4-8H2,1-3H3,(H2,13,16)(H,14,18). The van der Waals surface area contributed by atoms with E-state index >= 15 is 0 Å². The number of carbonyl (C=O) groups excluding carboxylic acids is 1. The number of amides is 1. The fourth-order valence-electron chi connectivity index (χ4n) is 1.88. The topological polar surface area (TPSA) is 97.3 Å². The Labute approximate surface area is 113 Å². The third-order valence-electron chi connectivity index (χ3n) is 3.11. The smallest absolute Gasteiger partial charge is 0.277 e. The van der Waals surface area contributed by atoms with Gasteiger partial charge in [0.25, 0.3) is 5.91 Å². The van der Waals surface area contributed by atoms with Gasteiger partial charge in [-0.2, -0.15) is 0 Å². The Hall–Kier alpha value is -1.63. The van der Waals surface area contributed by atoms with Crippen molar-refractivity contribution in [2.75, 3.05) is 25.4 Å². The molecule has 0 aliphatic heterocycles. The van der Waals surface area contributed by atoms with E-state index in [1.54, 1.807) is 0 Å². The number of nitrogens with zero attached hydrogens (tertiary/aromatic N) is 3. The largest absolute Gasteiger partial charge is 0.379 e. The highest BCUT2D eigenvalue weighted by molar-refractivity contribution is 5.96. The zero-order valence-electron chi connectivity index (χ0n) is 11.8. The summed E-state index contributed by atoms with van der Waals surface area (Å²) in [7, 11) is 0. The van der Waals surface area contributed by atoms with Gasteiger partial charge in [0.2, 0.25) is 11.5 Å². The van der Waals surface area contributed by atoms with Crippen LogP contribution in [0.15, 0.2) is 4.63 Å². The van der Waals surface area contributed by atoms with Crippen LogP contribution in [0.2, 0.25) is 0 Å². The minimum Gasteiger partial charge on any atom is -0.379 e. The van der Waals surface area contributed by atoms with Crippen molar-refractivity contribution in [3.05, 3.63) is 5.69 Å². The molecule has 1 rings (SSSR count). The molecule has 1 amide bonds. The van der Waals surface area contributed by atoms with E-state index in [-0.39, 0.29) is 23.5 Å². The van der Waals surface area contributed by atoms with Gasteiger partial charge in [-0.1, -0.05) is 13.8 Å². The number of carbonyl (C=O) groups is 1. The van der Waals surface area contributed by atoms with Crippen LogP contribution >= 0.6 is 0 Å². The molecule has 1 atom stereocenters. The Morgan fingerprint density at radius 2 is 2.11 bits per heavy atom. The van der Waals surface area contributed by atoms with Crippen LogP contribution in [0.3, 0.4) is 0 Å². The van der Waals surface area contributed by atoms with Crippen molar-refractivity contribution < 1.29 is 9.42 Å². The Kier molecular flexibility index (Phi) is 6.27. The molecule has 0 aromatic carbocycles. The normalized spacial score (nSPS) is 12.6. The summed E-state index contributed by atoms with van der Waals surface area (Å²) in [5.74, 6) is -0.318. The fourth-order valence-corrected chi connectivity index (χ4v) is 1.88. The van der Waals surface area contributed by atoms with E-state index in [1.165, 1.54) is 0 Å². The van der Waals surface area contributed by atoms with Crippen LogP contribution in [0.25, 0.3) is 0 Å². The molecule has 108 valence electrons. The Morgan fingerprint density at radius 1 is 1.42 bits per heavy atom. The molecule has 1 unspecified atom stereocenters. The van der Waals surface area contributed by atoms with Crippen LogP contribution in [-0.4, -0.2) is 46.8 Å². The minimum absolute atomic E-state index is 0.0211. The summed E-state index contributed by atoms with van der Waals surface area (Å²) in [6.07, 6.45) is 1.95. The first-order valence-electron chi connectivity index (χ1n) is 6.69. The SMILES string of the molecule is CCN(CC)CCCC(C)NC(=O)c1nonc1N. The molecular formula is C12H23N5O2. The maximum absolute atomic E-state index is 11.8. The summed E-state index contributed by atoms with van der Waals surface area (Å²) in [5, 5.41) is 9.68. The zero-order chi connectivity index (χ0) is 14.3. The number of anilines is 1. The van der Waals surface area contributed by atoms with Crippen molar-refractivity contribution in [3.63, 3.8) is 0 Å². The van der Waals surface area contributed by atoms with Crippen molar-refractivity contribution >= 4 is 11.7 Å². The maximum Gasteiger partial charge on any atom is 0.277 e. The average Bonchev–Trinajstić information content (AvgIpc) is 2.81. The van der Waals surface area contributed by atoms with E-state index in [4.69, 9.17) is 5.73 Å². The number of nitrogens with one attached hydrogen (secondary N) is 1. The molecule has 7 nitrogen and oxygen atoms in total. The molecule has 0 radical (unpaired) electrons. The molecule has 0 saturated carbocycles. The molecule has 0 aliphatic rings. The molecule has 0 spiro atoms. The third kappa shape index (κ3) is 4.86. The predicted octanol–water partition coefficient (Wildman–Crippen LogP) is 0.892. The molecule has 1 aromatic heterocycles. The first-order chi connectivity index (χ1) is 9.08. The van der Waals surface area contributed by atoms with Gasteiger partial charge >= 0.3 is 0 Å². The monoisotopic (exact) mass is 269 g/mol. The molecule has 1 aromatic rings. The van der Waals surface area contributed by atoms with Crippen LogP contribution in [-0.2, 0) is 0 Å². The van der Waals surface area contributed by atoms with Crippen molar-refractivity contribution in [2.45, 2.75) is 39.7 Å². The van der Waals surface area contributed by atoms with E-state index in [1.807, 2.05) is 6.92 Å². The second-order valence-corrected chi connectivity index (χ2v) is 4.54. The van der Waals surface area contributed by atoms with Crippen LogP contribution < -0.4 is 11.1 Å². The highest BCUT2D eigenvalue weighted by Crippen LogP contribution is 2.05. The quantitative estimate of drug-likeness (QED) is 0.727. The van der Waals surface area contributed by atoms with E-state index in [2.05, 4.69) is 39.0 Å². The number of nitrogen functional groups attached to an aromatic ring is 1. The molecule has 0 saturated heterocycles. The summed E-state index contributed by atoms with van der Waals surface area (Å²) < 4.78 is 4.40. The van der Waals surface area contributed by atoms with Crippen LogP contribution in [0, 0.1) is 0 Å². The lowest BCUT2D eigenvalue weighted by Gasteiger charge is -2.19. The van der Waals surface area contributed by atoms with Crippen molar-refractivity contribution in [3.8, 4) is 0 Å². The fraction of sp³-hybridized carbons (Fsp3) is 0.750. The number of hydrogen-bond donors (Lipinski definition) is 2. The Morgan fingerprint density at radius 3 is 2.63 bits per heavy atom. The molecular weight excluding hydrogens is 246 g/mol. The first-order valence-corrected chi connectivity index (χ1v) is 6.69. The Balaban J connectivity index is 2.30. The van der Waals surface area contributed by atoms with Gasteiger partial charge in [0.1, 0.15) is 0 Å². The summed E-state index contributed by atoms with van der Waals surface area (Å²) in [5.41, 5.74) is 5.51. The van der Waals surface area contributed by atoms with E-state index in [0.29, 0.717) is 0 Å². The third-order valence-corrected chi connectivity index (χ3v) is 3.11. The van der Waals surface area contributed by atoms with Gasteiger partial charge in [0.05, 0.1) is 0 Å². The van der Waals surface area contributed by atoms with Gasteiger partial charge in [-0.05, 0) is 49.7 Å².